The van der Waals surface area contributed by atoms with Gasteiger partial charge >= 0.3 is 6.18 Å². The molecule has 0 bridgehead atoms. The maximum absolute atomic E-state index is 12.9. The summed E-state index contributed by atoms with van der Waals surface area (Å²) in [5.41, 5.74) is 6.26. The fraction of sp³-hybridized carbons (Fsp3) is 0.267. The molecule has 2 rings (SSSR count). The second-order valence-corrected chi connectivity index (χ2v) is 4.86. The molecule has 116 valence electrons. The van der Waals surface area contributed by atoms with E-state index in [0.29, 0.717) is 5.82 Å². The molecule has 22 heavy (non-hydrogen) atoms. The van der Waals surface area contributed by atoms with Gasteiger partial charge in [-0.25, -0.2) is 15.0 Å². The highest BCUT2D eigenvalue weighted by molar-refractivity contribution is 5.85. The van der Waals surface area contributed by atoms with Crippen molar-refractivity contribution in [2.45, 2.75) is 26.4 Å². The number of aliphatic imine (C=N–C) groups is 1. The van der Waals surface area contributed by atoms with E-state index in [9.17, 15) is 13.2 Å². The molecule has 0 aliphatic heterocycles. The molecular weight excluding hydrogens is 293 g/mol. The Kier molecular flexibility index (Phi) is 4.44. The number of aromatic nitrogens is 2. The smallest absolute Gasteiger partial charge is 0.387 e. The van der Waals surface area contributed by atoms with Crippen LogP contribution in [-0.2, 0) is 12.6 Å². The third-order valence-corrected chi connectivity index (χ3v) is 2.84. The maximum atomic E-state index is 12.9. The standard InChI is InChI=1S/C15H15F3N4/c1-9-7-10(2)21-14(20-9)8-13(19)22-12-6-4-3-5-11(12)15(16,17)18/h3-7H,8H2,1-2H3,(H2,19,22). The van der Waals surface area contributed by atoms with Gasteiger partial charge in [-0.15, -0.1) is 0 Å². The van der Waals surface area contributed by atoms with Crippen molar-refractivity contribution in [2.24, 2.45) is 10.7 Å². The first-order valence-electron chi connectivity index (χ1n) is 6.56. The van der Waals surface area contributed by atoms with Crippen LogP contribution in [0.15, 0.2) is 35.3 Å². The van der Waals surface area contributed by atoms with Crippen molar-refractivity contribution in [2.75, 3.05) is 0 Å². The van der Waals surface area contributed by atoms with Gasteiger partial charge in [0.05, 0.1) is 17.7 Å². The van der Waals surface area contributed by atoms with Crippen molar-refractivity contribution in [3.63, 3.8) is 0 Å². The van der Waals surface area contributed by atoms with Crippen LogP contribution in [0.5, 0.6) is 0 Å². The van der Waals surface area contributed by atoms with Crippen LogP contribution < -0.4 is 5.73 Å². The van der Waals surface area contributed by atoms with Gasteiger partial charge in [-0.1, -0.05) is 12.1 Å². The van der Waals surface area contributed by atoms with Gasteiger partial charge in [0.2, 0.25) is 0 Å². The predicted molar refractivity (Wildman–Crippen MR) is 77.9 cm³/mol. The van der Waals surface area contributed by atoms with E-state index in [4.69, 9.17) is 5.73 Å². The number of hydrogen-bond donors (Lipinski definition) is 1. The third kappa shape index (κ3) is 4.03. The Hall–Kier alpha value is -2.44. The molecule has 2 N–H and O–H groups in total. The summed E-state index contributed by atoms with van der Waals surface area (Å²) in [4.78, 5) is 12.3. The number of hydrogen-bond acceptors (Lipinski definition) is 3. The Balaban J connectivity index is 2.30. The van der Waals surface area contributed by atoms with Crippen LogP contribution >= 0.6 is 0 Å². The minimum Gasteiger partial charge on any atom is -0.387 e. The summed E-state index contributed by atoms with van der Waals surface area (Å²) in [5, 5.41) is 0. The van der Waals surface area contributed by atoms with Crippen LogP contribution in [0, 0.1) is 13.8 Å². The van der Waals surface area contributed by atoms with Gasteiger partial charge in [-0.3, -0.25) is 0 Å². The topological polar surface area (TPSA) is 64.2 Å². The zero-order chi connectivity index (χ0) is 16.3. The van der Waals surface area contributed by atoms with Crippen LogP contribution in [0.4, 0.5) is 18.9 Å². The fourth-order valence-corrected chi connectivity index (χ4v) is 2.05. The first-order chi connectivity index (χ1) is 10.3. The van der Waals surface area contributed by atoms with Gasteiger partial charge in [0.15, 0.2) is 0 Å². The lowest BCUT2D eigenvalue weighted by Crippen LogP contribution is -2.17. The molecule has 2 aromatic rings. The summed E-state index contributed by atoms with van der Waals surface area (Å²) in [6, 6.07) is 6.84. The summed E-state index contributed by atoms with van der Waals surface area (Å²) >= 11 is 0. The van der Waals surface area contributed by atoms with Gasteiger partial charge in [0, 0.05) is 11.4 Å². The Morgan fingerprint density at radius 1 is 1.14 bits per heavy atom. The van der Waals surface area contributed by atoms with Crippen LogP contribution in [0.2, 0.25) is 0 Å². The SMILES string of the molecule is Cc1cc(C)nc(CC(N)=Nc2ccccc2C(F)(F)F)n1. The molecule has 0 unspecified atom stereocenters. The largest absolute Gasteiger partial charge is 0.418 e. The number of rotatable bonds is 3. The van der Waals surface area contributed by atoms with E-state index in [2.05, 4.69) is 15.0 Å². The zero-order valence-corrected chi connectivity index (χ0v) is 12.1. The molecule has 1 aromatic heterocycles. The summed E-state index contributed by atoms with van der Waals surface area (Å²) in [7, 11) is 0. The molecular formula is C15H15F3N4. The van der Waals surface area contributed by atoms with Gasteiger partial charge in [0.1, 0.15) is 11.7 Å². The third-order valence-electron chi connectivity index (χ3n) is 2.84. The van der Waals surface area contributed by atoms with Gasteiger partial charge in [-0.2, -0.15) is 13.2 Å². The Morgan fingerprint density at radius 3 is 2.32 bits per heavy atom. The highest BCUT2D eigenvalue weighted by Gasteiger charge is 2.33. The minimum atomic E-state index is -4.48. The molecule has 1 heterocycles. The van der Waals surface area contributed by atoms with Gasteiger partial charge in [0.25, 0.3) is 0 Å². The molecule has 0 aliphatic rings. The number of aryl methyl sites for hydroxylation is 2. The molecule has 0 atom stereocenters. The number of amidine groups is 1. The van der Waals surface area contributed by atoms with Crippen molar-refractivity contribution in [1.82, 2.24) is 9.97 Å². The fourth-order valence-electron chi connectivity index (χ4n) is 2.05. The van der Waals surface area contributed by atoms with Crippen LogP contribution in [0.1, 0.15) is 22.8 Å². The lowest BCUT2D eigenvalue weighted by molar-refractivity contribution is -0.137. The molecule has 1 aromatic carbocycles. The number of nitrogens with two attached hydrogens (primary N) is 1. The van der Waals surface area contributed by atoms with E-state index < -0.39 is 11.7 Å². The van der Waals surface area contributed by atoms with E-state index in [1.165, 1.54) is 18.2 Å². The first kappa shape index (κ1) is 15.9. The minimum absolute atomic E-state index is 0.0294. The average Bonchev–Trinajstić information content (AvgIpc) is 2.36. The molecule has 0 fully saturated rings. The summed E-state index contributed by atoms with van der Waals surface area (Å²) in [6.45, 7) is 3.62. The van der Waals surface area contributed by atoms with Crippen LogP contribution in [-0.4, -0.2) is 15.8 Å². The summed E-state index contributed by atoms with van der Waals surface area (Å²) in [5.74, 6) is 0.463. The molecule has 4 nitrogen and oxygen atoms in total. The zero-order valence-electron chi connectivity index (χ0n) is 12.1. The second kappa shape index (κ2) is 6.13. The average molecular weight is 308 g/mol. The van der Waals surface area contributed by atoms with Crippen molar-refractivity contribution in [1.29, 1.82) is 0 Å². The molecule has 0 radical (unpaired) electrons. The number of alkyl halides is 3. The normalized spacial score (nSPS) is 12.5. The van der Waals surface area contributed by atoms with Crippen molar-refractivity contribution < 1.29 is 13.2 Å². The Labute approximate surface area is 125 Å². The number of para-hydroxylation sites is 1. The monoisotopic (exact) mass is 308 g/mol. The van der Waals surface area contributed by atoms with E-state index in [1.54, 1.807) is 6.07 Å². The number of benzene rings is 1. The van der Waals surface area contributed by atoms with Crippen molar-refractivity contribution in [3.8, 4) is 0 Å². The lowest BCUT2D eigenvalue weighted by atomic mass is 10.1. The summed E-state index contributed by atoms with van der Waals surface area (Å²) in [6.07, 6.45) is -4.38. The van der Waals surface area contributed by atoms with E-state index in [0.717, 1.165) is 17.5 Å². The summed E-state index contributed by atoms with van der Waals surface area (Å²) < 4.78 is 38.7. The van der Waals surface area contributed by atoms with E-state index in [1.807, 2.05) is 13.8 Å². The maximum Gasteiger partial charge on any atom is 0.418 e. The van der Waals surface area contributed by atoms with Crippen LogP contribution in [0.3, 0.4) is 0 Å². The highest BCUT2D eigenvalue weighted by atomic mass is 19.4. The highest BCUT2D eigenvalue weighted by Crippen LogP contribution is 2.35. The van der Waals surface area contributed by atoms with Gasteiger partial charge in [-0.05, 0) is 32.0 Å². The Morgan fingerprint density at radius 2 is 1.73 bits per heavy atom. The van der Waals surface area contributed by atoms with Crippen molar-refractivity contribution >= 4 is 11.5 Å². The molecule has 0 spiro atoms. The van der Waals surface area contributed by atoms with E-state index in [-0.39, 0.29) is 17.9 Å². The molecule has 7 heteroatoms. The first-order valence-corrected chi connectivity index (χ1v) is 6.56. The predicted octanol–water partition coefficient (Wildman–Crippen LogP) is 3.34. The number of nitrogens with zero attached hydrogens (tertiary/aromatic N) is 3. The van der Waals surface area contributed by atoms with Crippen molar-refractivity contribution in [3.05, 3.63) is 53.1 Å². The molecule has 0 amide bonds. The molecule has 0 saturated heterocycles. The van der Waals surface area contributed by atoms with Crippen LogP contribution in [0.25, 0.3) is 0 Å². The lowest BCUT2D eigenvalue weighted by Gasteiger charge is -2.10. The second-order valence-electron chi connectivity index (χ2n) is 4.86. The quantitative estimate of drug-likeness (QED) is 0.698. The number of halogens is 3. The van der Waals surface area contributed by atoms with Gasteiger partial charge < -0.3 is 5.73 Å². The van der Waals surface area contributed by atoms with E-state index >= 15 is 0 Å². The molecule has 0 aliphatic carbocycles. The molecule has 0 saturated carbocycles. The Bertz CT molecular complexity index is 688.